The molecule has 11 nitrogen and oxygen atoms in total. The zero-order valence-corrected chi connectivity index (χ0v) is 25.0. The summed E-state index contributed by atoms with van der Waals surface area (Å²) in [6.07, 6.45) is -0.752. The number of carbonyl (C=O) groups excluding carboxylic acids is 3. The summed E-state index contributed by atoms with van der Waals surface area (Å²) in [5.41, 5.74) is 1.74. The minimum atomic E-state index is -1.38. The van der Waals surface area contributed by atoms with Gasteiger partial charge in [-0.15, -0.1) is 0 Å². The second-order valence-corrected chi connectivity index (χ2v) is 11.6. The molecule has 2 aliphatic rings. The van der Waals surface area contributed by atoms with Crippen molar-refractivity contribution in [2.24, 2.45) is 5.92 Å². The first-order chi connectivity index (χ1) is 20.6. The fourth-order valence-electron chi connectivity index (χ4n) is 5.76. The molecule has 0 saturated carbocycles. The number of aromatic hydroxyl groups is 1. The van der Waals surface area contributed by atoms with E-state index in [1.165, 1.54) is 21.9 Å². The Bertz CT molecular complexity index is 1270. The second-order valence-electron chi connectivity index (χ2n) is 11.6. The number of unbranched alkanes of at least 4 members (excludes halogenated alkanes) is 1. The van der Waals surface area contributed by atoms with Crippen molar-refractivity contribution in [3.8, 4) is 5.75 Å². The fraction of sp³-hybridized carbons (Fsp3) is 0.500. The van der Waals surface area contributed by atoms with Crippen LogP contribution in [0, 0.1) is 5.92 Å². The molecule has 232 valence electrons. The van der Waals surface area contributed by atoms with Crippen LogP contribution in [0.15, 0.2) is 54.6 Å². The highest BCUT2D eigenvalue weighted by Crippen LogP contribution is 2.32. The first-order valence-corrected chi connectivity index (χ1v) is 15.0. The average molecular weight is 595 g/mol. The topological polar surface area (TPSA) is 140 Å². The van der Waals surface area contributed by atoms with Crippen molar-refractivity contribution in [1.29, 1.82) is 0 Å². The molecule has 0 aliphatic carbocycles. The number of phenols is 1. The van der Waals surface area contributed by atoms with Gasteiger partial charge in [-0.1, -0.05) is 76.1 Å². The van der Waals surface area contributed by atoms with Gasteiger partial charge in [0.15, 0.2) is 12.3 Å². The summed E-state index contributed by atoms with van der Waals surface area (Å²) in [4.78, 5) is 62.7. The minimum absolute atomic E-state index is 0.0340. The number of phenolic OH excluding ortho intramolecular Hbond substituents is 1. The van der Waals surface area contributed by atoms with Crippen molar-refractivity contribution >= 4 is 23.8 Å². The van der Waals surface area contributed by atoms with E-state index in [0.717, 1.165) is 17.0 Å². The van der Waals surface area contributed by atoms with Gasteiger partial charge in [0, 0.05) is 13.0 Å². The smallest absolute Gasteiger partial charge is 0.433 e. The quantitative estimate of drug-likeness (QED) is 0.341. The standard InChI is InChI=1S/C32H42N4O7/c1-4-5-11-25(29(38)33-17-16-22-9-7-6-8-10-22)34-20-28-35(26(30(34)39)19-23-12-14-24(37)15-13-23)31(40)27(18-21(2)3)43-36(28)32(41)42/h6-10,12-15,21,25-28,37H,4-5,11,16-20H2,1-3H3,(H,33,38)(H,41,42). The van der Waals surface area contributed by atoms with Crippen molar-refractivity contribution in [3.63, 3.8) is 0 Å². The number of hydroxylamine groups is 2. The van der Waals surface area contributed by atoms with Gasteiger partial charge in [0.1, 0.15) is 17.8 Å². The third-order valence-electron chi connectivity index (χ3n) is 7.93. The zero-order chi connectivity index (χ0) is 31.1. The van der Waals surface area contributed by atoms with E-state index in [9.17, 15) is 29.4 Å². The molecule has 2 saturated heterocycles. The molecule has 4 unspecified atom stereocenters. The van der Waals surface area contributed by atoms with Gasteiger partial charge in [0.05, 0.1) is 6.54 Å². The summed E-state index contributed by atoms with van der Waals surface area (Å²) >= 11 is 0. The van der Waals surface area contributed by atoms with E-state index in [1.54, 1.807) is 12.1 Å². The summed E-state index contributed by atoms with van der Waals surface area (Å²) < 4.78 is 0. The lowest BCUT2D eigenvalue weighted by Crippen LogP contribution is -2.75. The van der Waals surface area contributed by atoms with Gasteiger partial charge in [-0.25, -0.2) is 4.79 Å². The van der Waals surface area contributed by atoms with E-state index < -0.39 is 42.3 Å². The van der Waals surface area contributed by atoms with Gasteiger partial charge < -0.3 is 25.3 Å². The van der Waals surface area contributed by atoms with Gasteiger partial charge in [-0.3, -0.25) is 19.2 Å². The molecule has 0 radical (unpaired) electrons. The Balaban J connectivity index is 1.66. The maximum atomic E-state index is 14.3. The van der Waals surface area contributed by atoms with Crippen LogP contribution in [0.5, 0.6) is 5.75 Å². The van der Waals surface area contributed by atoms with Crippen LogP contribution in [0.3, 0.4) is 0 Å². The van der Waals surface area contributed by atoms with Crippen LogP contribution in [-0.4, -0.2) is 86.3 Å². The first-order valence-electron chi connectivity index (χ1n) is 15.0. The number of piperazine rings is 1. The second kappa shape index (κ2) is 14.4. The molecule has 0 bridgehead atoms. The molecule has 2 aliphatic heterocycles. The molecular formula is C32H42N4O7. The first kappa shape index (κ1) is 31.8. The molecule has 4 rings (SSSR count). The molecule has 4 atom stereocenters. The number of rotatable bonds is 12. The van der Waals surface area contributed by atoms with Crippen LogP contribution in [0.4, 0.5) is 4.79 Å². The van der Waals surface area contributed by atoms with Gasteiger partial charge in [0.2, 0.25) is 11.8 Å². The molecule has 2 aromatic carbocycles. The van der Waals surface area contributed by atoms with Gasteiger partial charge in [-0.2, -0.15) is 5.06 Å². The number of nitrogens with one attached hydrogen (secondary N) is 1. The van der Waals surface area contributed by atoms with E-state index in [1.807, 2.05) is 51.1 Å². The van der Waals surface area contributed by atoms with Crippen LogP contribution in [0.2, 0.25) is 0 Å². The zero-order valence-electron chi connectivity index (χ0n) is 25.0. The maximum absolute atomic E-state index is 14.3. The van der Waals surface area contributed by atoms with Crippen molar-refractivity contribution in [2.75, 3.05) is 13.1 Å². The van der Waals surface area contributed by atoms with Crippen molar-refractivity contribution in [2.45, 2.75) is 83.6 Å². The molecule has 11 heteroatoms. The Hall–Kier alpha value is -4.12. The Kier molecular flexibility index (Phi) is 10.6. The molecule has 2 fully saturated rings. The molecule has 3 N–H and O–H groups in total. The number of carboxylic acid groups (broad SMARTS) is 1. The van der Waals surface area contributed by atoms with Gasteiger partial charge in [-0.05, 0) is 48.4 Å². The summed E-state index contributed by atoms with van der Waals surface area (Å²) in [6.45, 7) is 5.98. The molecule has 2 heterocycles. The lowest BCUT2D eigenvalue weighted by Gasteiger charge is -2.53. The normalized spacial score (nSPS) is 21.1. The van der Waals surface area contributed by atoms with Crippen LogP contribution in [0.1, 0.15) is 57.6 Å². The Morgan fingerprint density at radius 3 is 2.35 bits per heavy atom. The number of fused-ring (bicyclic) bond motifs is 1. The summed E-state index contributed by atoms with van der Waals surface area (Å²) in [5.74, 6) is -1.11. The third kappa shape index (κ3) is 7.64. The summed E-state index contributed by atoms with van der Waals surface area (Å²) in [5, 5.41) is 23.7. The fourth-order valence-corrected chi connectivity index (χ4v) is 5.76. The van der Waals surface area contributed by atoms with Gasteiger partial charge in [0.25, 0.3) is 5.91 Å². The number of hydrogen-bond donors (Lipinski definition) is 3. The van der Waals surface area contributed by atoms with E-state index in [4.69, 9.17) is 4.84 Å². The Morgan fingerprint density at radius 1 is 1.02 bits per heavy atom. The van der Waals surface area contributed by atoms with Crippen molar-refractivity contribution in [3.05, 3.63) is 65.7 Å². The number of nitrogens with zero attached hydrogens (tertiary/aromatic N) is 3. The minimum Gasteiger partial charge on any atom is -0.508 e. The highest BCUT2D eigenvalue weighted by atomic mass is 16.7. The van der Waals surface area contributed by atoms with E-state index in [0.29, 0.717) is 31.4 Å². The highest BCUT2D eigenvalue weighted by Gasteiger charge is 2.54. The number of benzene rings is 2. The summed E-state index contributed by atoms with van der Waals surface area (Å²) in [7, 11) is 0. The predicted octanol–water partition coefficient (Wildman–Crippen LogP) is 3.56. The van der Waals surface area contributed by atoms with E-state index in [-0.39, 0.29) is 37.0 Å². The van der Waals surface area contributed by atoms with E-state index in [2.05, 4.69) is 5.32 Å². The molecule has 0 spiro atoms. The van der Waals surface area contributed by atoms with Crippen molar-refractivity contribution in [1.82, 2.24) is 20.2 Å². The third-order valence-corrected chi connectivity index (χ3v) is 7.93. The summed E-state index contributed by atoms with van der Waals surface area (Å²) in [6, 6.07) is 14.1. The van der Waals surface area contributed by atoms with Crippen LogP contribution in [0.25, 0.3) is 0 Å². The lowest BCUT2D eigenvalue weighted by molar-refractivity contribution is -0.267. The molecule has 2 aromatic rings. The SMILES string of the molecule is CCCCC(C(=O)NCCc1ccccc1)N1CC2N(C(=O)O)OC(CC(C)C)C(=O)N2C(Cc2ccc(O)cc2)C1=O. The van der Waals surface area contributed by atoms with Crippen LogP contribution in [-0.2, 0) is 32.1 Å². The highest BCUT2D eigenvalue weighted by molar-refractivity contribution is 5.95. The Labute approximate surface area is 252 Å². The van der Waals surface area contributed by atoms with Crippen LogP contribution < -0.4 is 5.32 Å². The number of amides is 4. The molecule has 4 amide bonds. The number of hydrogen-bond acceptors (Lipinski definition) is 6. The maximum Gasteiger partial charge on any atom is 0.433 e. The molecular weight excluding hydrogens is 552 g/mol. The van der Waals surface area contributed by atoms with Gasteiger partial charge >= 0.3 is 6.09 Å². The number of carbonyl (C=O) groups is 4. The lowest BCUT2D eigenvalue weighted by atomic mass is 9.94. The Morgan fingerprint density at radius 2 is 1.72 bits per heavy atom. The largest absolute Gasteiger partial charge is 0.508 e. The van der Waals surface area contributed by atoms with Crippen LogP contribution >= 0.6 is 0 Å². The molecule has 43 heavy (non-hydrogen) atoms. The van der Waals surface area contributed by atoms with Crippen molar-refractivity contribution < 1.29 is 34.2 Å². The average Bonchev–Trinajstić information content (AvgIpc) is 2.97. The molecule has 0 aromatic heterocycles. The van der Waals surface area contributed by atoms with E-state index >= 15 is 0 Å². The monoisotopic (exact) mass is 594 g/mol. The predicted molar refractivity (Wildman–Crippen MR) is 159 cm³/mol.